The molecular formula is C24H22F7N7O. The molecule has 2 amide bonds. The minimum absolute atomic E-state index is 0.110. The van der Waals surface area contributed by atoms with Gasteiger partial charge in [-0.3, -0.25) is 4.90 Å². The summed E-state index contributed by atoms with van der Waals surface area (Å²) in [5.74, 6) is -1.79. The third-order valence-corrected chi connectivity index (χ3v) is 5.86. The largest absolute Gasteiger partial charge is 0.433 e. The van der Waals surface area contributed by atoms with Gasteiger partial charge >= 0.3 is 18.4 Å². The lowest BCUT2D eigenvalue weighted by Gasteiger charge is -2.35. The zero-order valence-corrected chi connectivity index (χ0v) is 20.1. The molecule has 0 bridgehead atoms. The summed E-state index contributed by atoms with van der Waals surface area (Å²) in [5.41, 5.74) is 3.92. The highest BCUT2D eigenvalue weighted by atomic mass is 19.4. The number of nitrogens with two attached hydrogens (primary N) is 1. The molecule has 208 valence electrons. The number of aromatic nitrogens is 2. The molecule has 0 unspecified atom stereocenters. The van der Waals surface area contributed by atoms with Crippen LogP contribution in [0.2, 0.25) is 0 Å². The Morgan fingerprint density at radius 1 is 0.846 bits per heavy atom. The number of piperazine rings is 1. The van der Waals surface area contributed by atoms with Crippen LogP contribution in [0.1, 0.15) is 16.8 Å². The second-order valence-corrected chi connectivity index (χ2v) is 8.70. The van der Waals surface area contributed by atoms with Crippen LogP contribution in [0, 0.1) is 5.82 Å². The maximum absolute atomic E-state index is 13.4. The average Bonchev–Trinajstić information content (AvgIpc) is 2.85. The monoisotopic (exact) mass is 557 g/mol. The molecule has 15 heteroatoms. The average molecular weight is 557 g/mol. The summed E-state index contributed by atoms with van der Waals surface area (Å²) >= 11 is 0. The fourth-order valence-corrected chi connectivity index (χ4v) is 3.96. The number of amides is 2. The predicted molar refractivity (Wildman–Crippen MR) is 129 cm³/mol. The number of nitrogen functional groups attached to an aromatic ring is 1. The van der Waals surface area contributed by atoms with Crippen molar-refractivity contribution in [3.63, 3.8) is 0 Å². The van der Waals surface area contributed by atoms with Gasteiger partial charge in [-0.1, -0.05) is 12.1 Å². The van der Waals surface area contributed by atoms with Gasteiger partial charge in [0.15, 0.2) is 5.69 Å². The van der Waals surface area contributed by atoms with Crippen molar-refractivity contribution in [1.82, 2.24) is 14.9 Å². The first-order chi connectivity index (χ1) is 18.3. The van der Waals surface area contributed by atoms with E-state index in [0.717, 1.165) is 17.7 Å². The zero-order valence-electron chi connectivity index (χ0n) is 20.1. The number of nitrogens with one attached hydrogen (secondary N) is 2. The van der Waals surface area contributed by atoms with Crippen LogP contribution < -0.4 is 21.3 Å². The molecule has 1 fully saturated rings. The number of urea groups is 1. The van der Waals surface area contributed by atoms with E-state index in [9.17, 15) is 35.5 Å². The summed E-state index contributed by atoms with van der Waals surface area (Å²) in [5, 5.41) is 4.72. The Bertz CT molecular complexity index is 1320. The first-order valence-corrected chi connectivity index (χ1v) is 11.5. The van der Waals surface area contributed by atoms with Gasteiger partial charge in [-0.25, -0.2) is 14.2 Å². The number of rotatable bonds is 5. The minimum atomic E-state index is -4.90. The van der Waals surface area contributed by atoms with Crippen molar-refractivity contribution in [1.29, 1.82) is 0 Å². The van der Waals surface area contributed by atoms with Crippen molar-refractivity contribution in [3.8, 4) is 0 Å². The van der Waals surface area contributed by atoms with Gasteiger partial charge < -0.3 is 21.3 Å². The Balaban J connectivity index is 1.29. The number of carbonyl (C=O) groups excluding carboxylic acids is 1. The highest BCUT2D eigenvalue weighted by Gasteiger charge is 2.35. The molecule has 1 aliphatic rings. The quantitative estimate of drug-likeness (QED) is 0.373. The molecule has 39 heavy (non-hydrogen) atoms. The molecule has 2 aromatic carbocycles. The molecule has 0 aliphatic carbocycles. The fourth-order valence-electron chi connectivity index (χ4n) is 3.96. The van der Waals surface area contributed by atoms with Crippen LogP contribution in [-0.4, -0.2) is 47.1 Å². The van der Waals surface area contributed by atoms with E-state index in [0.29, 0.717) is 50.5 Å². The molecule has 4 N–H and O–H groups in total. The predicted octanol–water partition coefficient (Wildman–Crippen LogP) is 5.20. The standard InChI is InChI=1S/C24H22F7N7O/c25-18-6-5-16(11-17(18)23(26,27)28)34-22(39)33-15-3-1-14(2-4-15)13-37-7-9-38(10-8-37)20-12-19(24(29,30)31)35-21(32)36-20/h1-6,11-12H,7-10,13H2,(H2,32,35,36)(H2,33,34,39). The van der Waals surface area contributed by atoms with Crippen LogP contribution in [-0.2, 0) is 18.9 Å². The Labute approximate surface area is 217 Å². The molecule has 1 aliphatic heterocycles. The Kier molecular flexibility index (Phi) is 7.81. The van der Waals surface area contributed by atoms with Crippen molar-refractivity contribution in [2.75, 3.05) is 47.4 Å². The molecule has 1 saturated heterocycles. The third kappa shape index (κ3) is 7.25. The van der Waals surface area contributed by atoms with Gasteiger partial charge in [0, 0.05) is 50.2 Å². The molecule has 2 heterocycles. The number of benzene rings is 2. The number of hydrogen-bond acceptors (Lipinski definition) is 6. The second kappa shape index (κ2) is 10.9. The first kappa shape index (κ1) is 27.9. The molecule has 0 radical (unpaired) electrons. The van der Waals surface area contributed by atoms with Gasteiger partial charge in [-0.15, -0.1) is 0 Å². The molecule has 3 aromatic rings. The van der Waals surface area contributed by atoms with E-state index in [1.807, 2.05) is 0 Å². The van der Waals surface area contributed by atoms with E-state index in [1.165, 1.54) is 0 Å². The summed E-state index contributed by atoms with van der Waals surface area (Å²) in [4.78, 5) is 23.2. The molecule has 0 atom stereocenters. The van der Waals surface area contributed by atoms with Crippen LogP contribution in [0.5, 0.6) is 0 Å². The van der Waals surface area contributed by atoms with E-state index < -0.39 is 41.4 Å². The molecule has 4 rings (SSSR count). The van der Waals surface area contributed by atoms with Crippen LogP contribution in [0.25, 0.3) is 0 Å². The Morgan fingerprint density at radius 2 is 1.46 bits per heavy atom. The van der Waals surface area contributed by atoms with Gasteiger partial charge in [-0.05, 0) is 35.9 Å². The maximum Gasteiger partial charge on any atom is 0.433 e. The first-order valence-electron chi connectivity index (χ1n) is 11.5. The number of halogens is 7. The van der Waals surface area contributed by atoms with Crippen LogP contribution in [0.3, 0.4) is 0 Å². The SMILES string of the molecule is Nc1nc(N2CCN(Cc3ccc(NC(=O)Nc4ccc(F)c(C(F)(F)F)c4)cc3)CC2)cc(C(F)(F)F)n1. The van der Waals surface area contributed by atoms with Gasteiger partial charge in [-0.2, -0.15) is 31.3 Å². The van der Waals surface area contributed by atoms with Crippen molar-refractivity contribution in [2.24, 2.45) is 0 Å². The lowest BCUT2D eigenvalue weighted by molar-refractivity contribution is -0.141. The molecule has 0 saturated carbocycles. The minimum Gasteiger partial charge on any atom is -0.368 e. The summed E-state index contributed by atoms with van der Waals surface area (Å²) in [6.07, 6.45) is -9.53. The number of alkyl halides is 6. The zero-order chi connectivity index (χ0) is 28.4. The molecule has 1 aromatic heterocycles. The van der Waals surface area contributed by atoms with Gasteiger partial charge in [0.25, 0.3) is 0 Å². The third-order valence-electron chi connectivity index (χ3n) is 5.86. The highest BCUT2D eigenvalue weighted by Crippen LogP contribution is 2.33. The van der Waals surface area contributed by atoms with E-state index in [2.05, 4.69) is 25.5 Å². The van der Waals surface area contributed by atoms with Crippen LogP contribution in [0.4, 0.5) is 58.7 Å². The van der Waals surface area contributed by atoms with Crippen molar-refractivity contribution in [3.05, 3.63) is 71.2 Å². The van der Waals surface area contributed by atoms with E-state index >= 15 is 0 Å². The number of anilines is 4. The van der Waals surface area contributed by atoms with Crippen molar-refractivity contribution in [2.45, 2.75) is 18.9 Å². The Morgan fingerprint density at radius 3 is 2.08 bits per heavy atom. The van der Waals surface area contributed by atoms with Crippen LogP contribution in [0.15, 0.2) is 48.5 Å². The number of carbonyl (C=O) groups is 1. The summed E-state index contributed by atoms with van der Waals surface area (Å²) in [7, 11) is 0. The summed E-state index contributed by atoms with van der Waals surface area (Å²) in [6.45, 7) is 2.48. The molecule has 8 nitrogen and oxygen atoms in total. The normalized spacial score (nSPS) is 14.8. The maximum atomic E-state index is 13.4. The number of hydrogen-bond donors (Lipinski definition) is 3. The fraction of sp³-hybridized carbons (Fsp3) is 0.292. The van der Waals surface area contributed by atoms with Crippen molar-refractivity contribution < 1.29 is 35.5 Å². The second-order valence-electron chi connectivity index (χ2n) is 8.70. The van der Waals surface area contributed by atoms with Gasteiger partial charge in [0.2, 0.25) is 5.95 Å². The van der Waals surface area contributed by atoms with E-state index in [4.69, 9.17) is 5.73 Å². The molecular weight excluding hydrogens is 535 g/mol. The number of nitrogens with zero attached hydrogens (tertiary/aromatic N) is 4. The lowest BCUT2D eigenvalue weighted by Crippen LogP contribution is -2.46. The summed E-state index contributed by atoms with van der Waals surface area (Å²) < 4.78 is 91.1. The van der Waals surface area contributed by atoms with Crippen molar-refractivity contribution >= 4 is 29.2 Å². The van der Waals surface area contributed by atoms with E-state index in [1.54, 1.807) is 29.2 Å². The van der Waals surface area contributed by atoms with Gasteiger partial charge in [0.05, 0.1) is 5.56 Å². The van der Waals surface area contributed by atoms with Gasteiger partial charge in [0.1, 0.15) is 11.6 Å². The lowest BCUT2D eigenvalue weighted by atomic mass is 10.1. The smallest absolute Gasteiger partial charge is 0.368 e. The van der Waals surface area contributed by atoms with Crippen LogP contribution >= 0.6 is 0 Å². The topological polar surface area (TPSA) is 99.4 Å². The molecule has 0 spiro atoms. The van der Waals surface area contributed by atoms with E-state index in [-0.39, 0.29) is 11.5 Å². The Hall–Kier alpha value is -4.14. The summed E-state index contributed by atoms with van der Waals surface area (Å²) in [6, 6.07) is 8.94. The highest BCUT2D eigenvalue weighted by molar-refractivity contribution is 5.99.